The molecule has 3 aromatic rings. The second kappa shape index (κ2) is 11.4. The zero-order chi connectivity index (χ0) is 25.8. The Kier molecular flexibility index (Phi) is 7.86. The van der Waals surface area contributed by atoms with Gasteiger partial charge in [0.05, 0.1) is 12.1 Å². The van der Waals surface area contributed by atoms with Gasteiger partial charge in [-0.1, -0.05) is 29.8 Å². The fourth-order valence-corrected chi connectivity index (χ4v) is 6.00. The van der Waals surface area contributed by atoms with Gasteiger partial charge in [0.15, 0.2) is 11.6 Å². The van der Waals surface area contributed by atoms with Gasteiger partial charge in [0.2, 0.25) is 5.91 Å². The summed E-state index contributed by atoms with van der Waals surface area (Å²) < 4.78 is 25.9. The Bertz CT molecular complexity index is 1260. The van der Waals surface area contributed by atoms with Crippen LogP contribution in [0.15, 0.2) is 60.0 Å². The van der Waals surface area contributed by atoms with Crippen molar-refractivity contribution in [2.75, 3.05) is 32.8 Å². The molecule has 0 unspecified atom stereocenters. The maximum atomic E-state index is 14.2. The second-order valence-corrected chi connectivity index (χ2v) is 10.6. The average Bonchev–Trinajstić information content (AvgIpc) is 3.59. The van der Waals surface area contributed by atoms with Gasteiger partial charge < -0.3 is 19.3 Å². The summed E-state index contributed by atoms with van der Waals surface area (Å²) in [5, 5.41) is 2.01. The number of rotatable bonds is 8. The highest BCUT2D eigenvalue weighted by Gasteiger charge is 2.34. The minimum absolute atomic E-state index is 0.0533. The summed E-state index contributed by atoms with van der Waals surface area (Å²) in [4.78, 5) is 31.9. The summed E-state index contributed by atoms with van der Waals surface area (Å²) in [7, 11) is 0. The van der Waals surface area contributed by atoms with E-state index in [1.54, 1.807) is 45.4 Å². The Labute approximate surface area is 220 Å². The van der Waals surface area contributed by atoms with E-state index < -0.39 is 5.82 Å². The molecule has 37 heavy (non-hydrogen) atoms. The van der Waals surface area contributed by atoms with Crippen molar-refractivity contribution in [1.29, 1.82) is 0 Å². The fourth-order valence-electron chi connectivity index (χ4n) is 5.07. The molecule has 2 aliphatic heterocycles. The molecule has 1 fully saturated rings. The smallest absolute Gasteiger partial charge is 0.254 e. The third kappa shape index (κ3) is 5.86. The van der Waals surface area contributed by atoms with Crippen molar-refractivity contribution in [3.05, 3.63) is 87.4 Å². The predicted molar refractivity (Wildman–Crippen MR) is 140 cm³/mol. The van der Waals surface area contributed by atoms with Gasteiger partial charge in [-0.25, -0.2) is 4.39 Å². The van der Waals surface area contributed by atoms with Crippen LogP contribution in [0, 0.1) is 12.7 Å². The lowest BCUT2D eigenvalue weighted by atomic mass is 10.00. The molecular weight excluding hydrogens is 491 g/mol. The molecule has 0 radical (unpaired) electrons. The number of hydrogen-bond donors (Lipinski definition) is 0. The van der Waals surface area contributed by atoms with Gasteiger partial charge in [-0.05, 0) is 67.5 Å². The van der Waals surface area contributed by atoms with Crippen LogP contribution in [0.1, 0.15) is 45.2 Å². The molecule has 3 heterocycles. The van der Waals surface area contributed by atoms with Crippen molar-refractivity contribution in [1.82, 2.24) is 9.80 Å². The Hall–Kier alpha value is -3.23. The Morgan fingerprint density at radius 3 is 2.84 bits per heavy atom. The molecule has 1 aromatic heterocycles. The van der Waals surface area contributed by atoms with Crippen molar-refractivity contribution in [2.24, 2.45) is 0 Å². The predicted octanol–water partition coefficient (Wildman–Crippen LogP) is 5.02. The van der Waals surface area contributed by atoms with Crippen LogP contribution >= 0.6 is 11.3 Å². The SMILES string of the molecule is Cc1cccc(C(=O)N(CC(=O)N2CCc3sccc3[C@@H]2COc2ccccc2F)C[C@H]2CCCO2)c1. The standard InChI is InChI=1S/C29H31FN2O4S/c1-20-6-4-7-21(16-20)29(34)31(17-22-8-5-14-35-22)18-28(33)32-13-11-27-23(12-15-37-27)25(32)19-36-26-10-3-2-9-24(26)30/h2-4,6-7,9-10,12,15-16,22,25H,5,8,11,13-14,17-19H2,1H3/t22-,25+/m1/s1. The molecule has 2 aromatic carbocycles. The molecule has 0 spiro atoms. The monoisotopic (exact) mass is 522 g/mol. The summed E-state index contributed by atoms with van der Waals surface area (Å²) in [6.07, 6.45) is 2.49. The summed E-state index contributed by atoms with van der Waals surface area (Å²) in [5.41, 5.74) is 2.57. The Morgan fingerprint density at radius 1 is 1.19 bits per heavy atom. The van der Waals surface area contributed by atoms with Crippen molar-refractivity contribution in [3.63, 3.8) is 0 Å². The van der Waals surface area contributed by atoms with Crippen LogP contribution < -0.4 is 4.74 Å². The molecule has 6 nitrogen and oxygen atoms in total. The van der Waals surface area contributed by atoms with Gasteiger partial charge in [0.1, 0.15) is 13.2 Å². The lowest BCUT2D eigenvalue weighted by molar-refractivity contribution is -0.135. The van der Waals surface area contributed by atoms with Crippen LogP contribution in [0.25, 0.3) is 0 Å². The molecule has 8 heteroatoms. The third-order valence-electron chi connectivity index (χ3n) is 6.97. The van der Waals surface area contributed by atoms with Gasteiger partial charge in [0.25, 0.3) is 5.91 Å². The molecule has 0 N–H and O–H groups in total. The first-order chi connectivity index (χ1) is 18.0. The van der Waals surface area contributed by atoms with E-state index >= 15 is 0 Å². The Morgan fingerprint density at radius 2 is 2.05 bits per heavy atom. The third-order valence-corrected chi connectivity index (χ3v) is 7.97. The molecule has 1 saturated heterocycles. The molecular formula is C29H31FN2O4S. The lowest BCUT2D eigenvalue weighted by Gasteiger charge is -2.37. The van der Waals surface area contributed by atoms with Crippen molar-refractivity contribution < 1.29 is 23.5 Å². The highest BCUT2D eigenvalue weighted by Crippen LogP contribution is 2.34. The molecule has 2 amide bonds. The molecule has 194 valence electrons. The van der Waals surface area contributed by atoms with Crippen LogP contribution in [-0.2, 0) is 16.0 Å². The number of halogens is 1. The summed E-state index contributed by atoms with van der Waals surface area (Å²) in [6.45, 7) is 3.58. The maximum absolute atomic E-state index is 14.2. The summed E-state index contributed by atoms with van der Waals surface area (Å²) >= 11 is 1.66. The quantitative estimate of drug-likeness (QED) is 0.417. The van der Waals surface area contributed by atoms with Gasteiger partial charge in [-0.3, -0.25) is 9.59 Å². The number of thiophene rings is 1. The van der Waals surface area contributed by atoms with Crippen molar-refractivity contribution in [2.45, 2.75) is 38.3 Å². The first kappa shape index (κ1) is 25.4. The van der Waals surface area contributed by atoms with Gasteiger partial charge in [-0.2, -0.15) is 0 Å². The average molecular weight is 523 g/mol. The minimum Gasteiger partial charge on any atom is -0.488 e. The molecule has 2 aliphatic rings. The van der Waals surface area contributed by atoms with Crippen LogP contribution in [-0.4, -0.2) is 60.6 Å². The Balaban J connectivity index is 1.36. The number of benzene rings is 2. The number of hydrogen-bond acceptors (Lipinski definition) is 5. The molecule has 5 rings (SSSR count). The number of para-hydroxylation sites is 1. The van der Waals surface area contributed by atoms with E-state index in [9.17, 15) is 14.0 Å². The lowest BCUT2D eigenvalue weighted by Crippen LogP contribution is -2.49. The molecule has 0 aliphatic carbocycles. The number of nitrogens with zero attached hydrogens (tertiary/aromatic N) is 2. The van der Waals surface area contributed by atoms with E-state index in [0.29, 0.717) is 25.3 Å². The highest BCUT2D eigenvalue weighted by molar-refractivity contribution is 7.10. The van der Waals surface area contributed by atoms with E-state index in [1.807, 2.05) is 36.6 Å². The number of fused-ring (bicyclic) bond motifs is 1. The molecule has 0 bridgehead atoms. The number of carbonyl (C=O) groups is 2. The highest BCUT2D eigenvalue weighted by atomic mass is 32.1. The second-order valence-electron chi connectivity index (χ2n) is 9.58. The summed E-state index contributed by atoms with van der Waals surface area (Å²) in [6, 6.07) is 15.4. The number of ether oxygens (including phenoxy) is 2. The van der Waals surface area contributed by atoms with E-state index in [4.69, 9.17) is 9.47 Å². The van der Waals surface area contributed by atoms with Gasteiger partial charge in [-0.15, -0.1) is 11.3 Å². The number of amides is 2. The molecule has 2 atom stereocenters. The van der Waals surface area contributed by atoms with Crippen LogP contribution in [0.4, 0.5) is 4.39 Å². The van der Waals surface area contributed by atoms with Crippen LogP contribution in [0.3, 0.4) is 0 Å². The van der Waals surface area contributed by atoms with Gasteiger partial charge in [0, 0.05) is 30.1 Å². The molecule has 0 saturated carbocycles. The zero-order valence-corrected chi connectivity index (χ0v) is 21.7. The van der Waals surface area contributed by atoms with E-state index in [2.05, 4.69) is 0 Å². The first-order valence-corrected chi connectivity index (χ1v) is 13.6. The maximum Gasteiger partial charge on any atom is 0.254 e. The largest absolute Gasteiger partial charge is 0.488 e. The first-order valence-electron chi connectivity index (χ1n) is 12.7. The van der Waals surface area contributed by atoms with Crippen LogP contribution in [0.2, 0.25) is 0 Å². The van der Waals surface area contributed by atoms with Crippen molar-refractivity contribution >= 4 is 23.2 Å². The van der Waals surface area contributed by atoms with E-state index in [1.165, 1.54) is 10.9 Å². The topological polar surface area (TPSA) is 59.1 Å². The minimum atomic E-state index is -0.437. The van der Waals surface area contributed by atoms with E-state index in [-0.39, 0.29) is 42.9 Å². The number of aryl methyl sites for hydroxylation is 1. The van der Waals surface area contributed by atoms with Crippen molar-refractivity contribution in [3.8, 4) is 5.75 Å². The van der Waals surface area contributed by atoms with Crippen LogP contribution in [0.5, 0.6) is 5.75 Å². The fraction of sp³-hybridized carbons (Fsp3) is 0.379. The van der Waals surface area contributed by atoms with E-state index in [0.717, 1.165) is 30.4 Å². The number of carbonyl (C=O) groups excluding carboxylic acids is 2. The zero-order valence-electron chi connectivity index (χ0n) is 20.9. The summed E-state index contributed by atoms with van der Waals surface area (Å²) in [5.74, 6) is -0.613. The normalized spacial score (nSPS) is 18.9. The van der Waals surface area contributed by atoms with Gasteiger partial charge >= 0.3 is 0 Å².